The number of hydrogen-bond donors (Lipinski definition) is 0. The molecular formula is C25H31N3O3S2. The highest BCUT2D eigenvalue weighted by Gasteiger charge is 2.29. The molecule has 2 heterocycles. The standard InChI is InChI=1S/C25H31N3O3S2/c1-20-9-7-14-27(18-20)33(29,30)23-13-6-10-21(17-23)24-19-32-25(28(24)15-8-16-31-2)26-22-11-4-3-5-12-22/h3-6,10-13,17,19-20H,7-9,14-16,18H2,1-2H3/t20-/m0/s1. The number of rotatable bonds is 8. The lowest BCUT2D eigenvalue weighted by atomic mass is 10.0. The van der Waals surface area contributed by atoms with Gasteiger partial charge in [-0.05, 0) is 49.4 Å². The first-order chi connectivity index (χ1) is 16.0. The number of hydrogen-bond acceptors (Lipinski definition) is 5. The predicted molar refractivity (Wildman–Crippen MR) is 133 cm³/mol. The summed E-state index contributed by atoms with van der Waals surface area (Å²) in [5.41, 5.74) is 2.74. The van der Waals surface area contributed by atoms with Gasteiger partial charge in [-0.15, -0.1) is 11.3 Å². The minimum atomic E-state index is -3.52. The number of sulfonamides is 1. The van der Waals surface area contributed by atoms with E-state index in [1.807, 2.05) is 42.5 Å². The summed E-state index contributed by atoms with van der Waals surface area (Å²) in [5, 5.41) is 2.06. The fourth-order valence-electron chi connectivity index (χ4n) is 4.18. The second-order valence-electron chi connectivity index (χ2n) is 8.49. The van der Waals surface area contributed by atoms with Crippen molar-refractivity contribution in [1.29, 1.82) is 0 Å². The number of methoxy groups -OCH3 is 1. The molecule has 0 bridgehead atoms. The van der Waals surface area contributed by atoms with Crippen molar-refractivity contribution in [1.82, 2.24) is 8.87 Å². The number of nitrogens with zero attached hydrogens (tertiary/aromatic N) is 3. The molecule has 0 spiro atoms. The molecule has 3 aromatic rings. The first kappa shape index (κ1) is 23.9. The summed E-state index contributed by atoms with van der Waals surface area (Å²) in [5.74, 6) is 0.388. The van der Waals surface area contributed by atoms with Gasteiger partial charge in [0.2, 0.25) is 10.0 Å². The van der Waals surface area contributed by atoms with Crippen LogP contribution in [0.25, 0.3) is 11.3 Å². The van der Waals surface area contributed by atoms with Crippen molar-refractivity contribution in [3.05, 3.63) is 64.8 Å². The summed E-state index contributed by atoms with van der Waals surface area (Å²) in [4.78, 5) is 6.07. The summed E-state index contributed by atoms with van der Waals surface area (Å²) < 4.78 is 35.7. The normalized spacial score (nSPS) is 18.0. The van der Waals surface area contributed by atoms with E-state index in [-0.39, 0.29) is 0 Å². The van der Waals surface area contributed by atoms with E-state index in [4.69, 9.17) is 9.73 Å². The molecule has 0 amide bonds. The highest BCUT2D eigenvalue weighted by molar-refractivity contribution is 7.89. The summed E-state index contributed by atoms with van der Waals surface area (Å²) in [7, 11) is -1.82. The van der Waals surface area contributed by atoms with Gasteiger partial charge in [0.25, 0.3) is 0 Å². The Bertz CT molecular complexity index is 1230. The van der Waals surface area contributed by atoms with Crippen LogP contribution >= 0.6 is 11.3 Å². The summed E-state index contributed by atoms with van der Waals surface area (Å²) in [6.45, 7) is 4.67. The van der Waals surface area contributed by atoms with E-state index >= 15 is 0 Å². The molecule has 1 fully saturated rings. The van der Waals surface area contributed by atoms with Crippen LogP contribution in [0.5, 0.6) is 0 Å². The second kappa shape index (κ2) is 10.8. The SMILES string of the molecule is COCCCn1c(-c2cccc(S(=O)(=O)N3CCC[C@H](C)C3)c2)csc1=Nc1ccccc1. The Morgan fingerprint density at radius 3 is 2.73 bits per heavy atom. The van der Waals surface area contributed by atoms with Crippen molar-refractivity contribution in [3.63, 3.8) is 0 Å². The van der Waals surface area contributed by atoms with Crippen molar-refractivity contribution in [2.45, 2.75) is 37.6 Å². The number of aromatic nitrogens is 1. The zero-order valence-corrected chi connectivity index (χ0v) is 20.8. The third kappa shape index (κ3) is 5.63. The van der Waals surface area contributed by atoms with Gasteiger partial charge in [0.1, 0.15) is 0 Å². The molecule has 6 nitrogen and oxygen atoms in total. The molecule has 1 atom stereocenters. The quantitative estimate of drug-likeness (QED) is 0.426. The average Bonchev–Trinajstić information content (AvgIpc) is 3.22. The van der Waals surface area contributed by atoms with Gasteiger partial charge in [-0.1, -0.05) is 37.3 Å². The second-order valence-corrected chi connectivity index (χ2v) is 11.3. The van der Waals surface area contributed by atoms with Gasteiger partial charge in [-0.3, -0.25) is 0 Å². The van der Waals surface area contributed by atoms with Crippen molar-refractivity contribution in [3.8, 4) is 11.3 Å². The molecule has 176 valence electrons. The minimum Gasteiger partial charge on any atom is -0.385 e. The minimum absolute atomic E-state index is 0.352. The molecule has 4 rings (SSSR count). The van der Waals surface area contributed by atoms with Gasteiger partial charge in [0, 0.05) is 44.3 Å². The Balaban J connectivity index is 1.72. The van der Waals surface area contributed by atoms with Gasteiger partial charge < -0.3 is 9.30 Å². The number of para-hydroxylation sites is 1. The molecule has 0 aliphatic carbocycles. The fraction of sp³-hybridized carbons (Fsp3) is 0.400. The van der Waals surface area contributed by atoms with E-state index in [1.54, 1.807) is 34.9 Å². The number of benzene rings is 2. The summed E-state index contributed by atoms with van der Waals surface area (Å²) >= 11 is 1.56. The van der Waals surface area contributed by atoms with Crippen LogP contribution in [0.15, 0.2) is 69.9 Å². The van der Waals surface area contributed by atoms with E-state index in [9.17, 15) is 8.42 Å². The summed E-state index contributed by atoms with van der Waals surface area (Å²) in [6, 6.07) is 17.2. The van der Waals surface area contributed by atoms with Gasteiger partial charge >= 0.3 is 0 Å². The zero-order valence-electron chi connectivity index (χ0n) is 19.2. The first-order valence-corrected chi connectivity index (χ1v) is 13.7. The maximum absolute atomic E-state index is 13.3. The van der Waals surface area contributed by atoms with E-state index in [2.05, 4.69) is 16.9 Å². The van der Waals surface area contributed by atoms with Crippen LogP contribution in [0, 0.1) is 5.92 Å². The van der Waals surface area contributed by atoms with Gasteiger partial charge in [-0.2, -0.15) is 4.31 Å². The van der Waals surface area contributed by atoms with Crippen molar-refractivity contribution >= 4 is 27.0 Å². The van der Waals surface area contributed by atoms with Crippen LogP contribution in [0.3, 0.4) is 0 Å². The molecular weight excluding hydrogens is 454 g/mol. The zero-order chi connectivity index (χ0) is 23.3. The van der Waals surface area contributed by atoms with Crippen LogP contribution in [0.4, 0.5) is 5.69 Å². The van der Waals surface area contributed by atoms with Crippen LogP contribution < -0.4 is 4.80 Å². The van der Waals surface area contributed by atoms with Crippen LogP contribution in [0.1, 0.15) is 26.2 Å². The first-order valence-electron chi connectivity index (χ1n) is 11.4. The van der Waals surface area contributed by atoms with Gasteiger partial charge in [0.15, 0.2) is 4.80 Å². The third-order valence-electron chi connectivity index (χ3n) is 5.90. The Labute approximate surface area is 200 Å². The number of ether oxygens (including phenoxy) is 1. The van der Waals surface area contributed by atoms with Gasteiger partial charge in [0.05, 0.1) is 16.3 Å². The van der Waals surface area contributed by atoms with Crippen molar-refractivity contribution in [2.24, 2.45) is 10.9 Å². The van der Waals surface area contributed by atoms with E-state index in [0.29, 0.717) is 30.5 Å². The largest absolute Gasteiger partial charge is 0.385 e. The number of piperidine rings is 1. The van der Waals surface area contributed by atoms with Crippen LogP contribution in [-0.4, -0.2) is 44.1 Å². The molecule has 1 saturated heterocycles. The molecule has 8 heteroatoms. The lowest BCUT2D eigenvalue weighted by molar-refractivity contribution is 0.190. The maximum Gasteiger partial charge on any atom is 0.243 e. The van der Waals surface area contributed by atoms with Gasteiger partial charge in [-0.25, -0.2) is 13.4 Å². The lowest BCUT2D eigenvalue weighted by Gasteiger charge is -2.30. The molecule has 0 radical (unpaired) electrons. The molecule has 2 aromatic carbocycles. The topological polar surface area (TPSA) is 63.9 Å². The van der Waals surface area contributed by atoms with E-state index in [0.717, 1.165) is 47.6 Å². The Morgan fingerprint density at radius 2 is 1.97 bits per heavy atom. The van der Waals surface area contributed by atoms with E-state index in [1.165, 1.54) is 0 Å². The van der Waals surface area contributed by atoms with Crippen LogP contribution in [0.2, 0.25) is 0 Å². The average molecular weight is 486 g/mol. The monoisotopic (exact) mass is 485 g/mol. The van der Waals surface area contributed by atoms with Crippen LogP contribution in [-0.2, 0) is 21.3 Å². The molecule has 0 N–H and O–H groups in total. The Hall–Kier alpha value is -2.26. The molecule has 0 saturated carbocycles. The van der Waals surface area contributed by atoms with E-state index < -0.39 is 10.0 Å². The van der Waals surface area contributed by atoms with Crippen molar-refractivity contribution in [2.75, 3.05) is 26.8 Å². The highest BCUT2D eigenvalue weighted by Crippen LogP contribution is 2.28. The molecule has 1 aromatic heterocycles. The third-order valence-corrected chi connectivity index (χ3v) is 8.62. The lowest BCUT2D eigenvalue weighted by Crippen LogP contribution is -2.39. The molecule has 1 aliphatic rings. The van der Waals surface area contributed by atoms with Crippen molar-refractivity contribution < 1.29 is 13.2 Å². The molecule has 33 heavy (non-hydrogen) atoms. The Morgan fingerprint density at radius 1 is 1.15 bits per heavy atom. The molecule has 0 unspecified atom stereocenters. The maximum atomic E-state index is 13.3. The smallest absolute Gasteiger partial charge is 0.243 e. The predicted octanol–water partition coefficient (Wildman–Crippen LogP) is 4.91. The molecule has 1 aliphatic heterocycles. The fourth-order valence-corrected chi connectivity index (χ4v) is 6.78. The number of thiazole rings is 1. The summed E-state index contributed by atoms with van der Waals surface area (Å²) in [6.07, 6.45) is 2.83. The highest BCUT2D eigenvalue weighted by atomic mass is 32.2. The Kier molecular flexibility index (Phi) is 7.80.